The SMILES string of the molecule is CCC(CC(C)C)C(=O)NC1CC(N(C)C(=O)c2cn(-c3ccccc3)cn2)C1. The summed E-state index contributed by atoms with van der Waals surface area (Å²) in [7, 11) is 1.82. The number of hydrogen-bond donors (Lipinski definition) is 1. The van der Waals surface area contributed by atoms with Crippen LogP contribution in [0.4, 0.5) is 0 Å². The Hall–Kier alpha value is -2.63. The van der Waals surface area contributed by atoms with Crippen molar-refractivity contribution in [3.63, 3.8) is 0 Å². The van der Waals surface area contributed by atoms with Crippen LogP contribution in [0, 0.1) is 11.8 Å². The van der Waals surface area contributed by atoms with Gasteiger partial charge in [-0.15, -0.1) is 0 Å². The van der Waals surface area contributed by atoms with Crippen LogP contribution in [0.25, 0.3) is 5.69 Å². The van der Waals surface area contributed by atoms with E-state index in [0.29, 0.717) is 11.6 Å². The Kier molecular flexibility index (Phi) is 6.72. The van der Waals surface area contributed by atoms with Crippen LogP contribution < -0.4 is 5.32 Å². The lowest BCUT2D eigenvalue weighted by atomic mass is 9.84. The number of benzene rings is 1. The molecule has 6 nitrogen and oxygen atoms in total. The van der Waals surface area contributed by atoms with Crippen LogP contribution in [0.3, 0.4) is 0 Å². The summed E-state index contributed by atoms with van der Waals surface area (Å²) < 4.78 is 1.85. The lowest BCUT2D eigenvalue weighted by Gasteiger charge is -2.41. The van der Waals surface area contributed by atoms with Gasteiger partial charge < -0.3 is 14.8 Å². The number of nitrogens with zero attached hydrogens (tertiary/aromatic N) is 3. The molecule has 3 rings (SSSR count). The Morgan fingerprint density at radius 2 is 1.93 bits per heavy atom. The molecule has 2 aromatic rings. The third-order valence-corrected chi connectivity index (χ3v) is 5.80. The van der Waals surface area contributed by atoms with Crippen molar-refractivity contribution < 1.29 is 9.59 Å². The molecule has 1 aromatic carbocycles. The quantitative estimate of drug-likeness (QED) is 0.740. The largest absolute Gasteiger partial charge is 0.353 e. The smallest absolute Gasteiger partial charge is 0.274 e. The lowest BCUT2D eigenvalue weighted by molar-refractivity contribution is -0.127. The van der Waals surface area contributed by atoms with Crippen LogP contribution in [0.1, 0.15) is 56.9 Å². The Morgan fingerprint density at radius 3 is 2.55 bits per heavy atom. The molecule has 156 valence electrons. The molecule has 1 N–H and O–H groups in total. The zero-order chi connectivity index (χ0) is 21.0. The second-order valence-corrected chi connectivity index (χ2v) is 8.48. The van der Waals surface area contributed by atoms with Crippen molar-refractivity contribution >= 4 is 11.8 Å². The molecule has 1 aliphatic carbocycles. The van der Waals surface area contributed by atoms with Gasteiger partial charge >= 0.3 is 0 Å². The van der Waals surface area contributed by atoms with Crippen molar-refractivity contribution in [2.75, 3.05) is 7.05 Å². The van der Waals surface area contributed by atoms with E-state index in [0.717, 1.165) is 31.4 Å². The molecule has 0 bridgehead atoms. The van der Waals surface area contributed by atoms with E-state index in [4.69, 9.17) is 0 Å². The number of carbonyl (C=O) groups excluding carboxylic acids is 2. The molecule has 1 fully saturated rings. The Labute approximate surface area is 173 Å². The third kappa shape index (κ3) is 5.05. The molecular weight excluding hydrogens is 364 g/mol. The minimum absolute atomic E-state index is 0.0790. The van der Waals surface area contributed by atoms with E-state index in [2.05, 4.69) is 31.1 Å². The van der Waals surface area contributed by atoms with Crippen LogP contribution in [-0.4, -0.2) is 45.4 Å². The van der Waals surface area contributed by atoms with E-state index in [9.17, 15) is 9.59 Å². The van der Waals surface area contributed by atoms with Gasteiger partial charge in [-0.25, -0.2) is 4.98 Å². The minimum atomic E-state index is -0.0827. The molecular formula is C23H32N4O2. The molecule has 1 heterocycles. The minimum Gasteiger partial charge on any atom is -0.353 e. The summed E-state index contributed by atoms with van der Waals surface area (Å²) in [4.78, 5) is 31.3. The fourth-order valence-electron chi connectivity index (χ4n) is 3.89. The van der Waals surface area contributed by atoms with Gasteiger partial charge in [0, 0.05) is 36.9 Å². The molecule has 0 aliphatic heterocycles. The highest BCUT2D eigenvalue weighted by molar-refractivity contribution is 5.92. The number of hydrogen-bond acceptors (Lipinski definition) is 3. The number of carbonyl (C=O) groups is 2. The molecule has 2 amide bonds. The third-order valence-electron chi connectivity index (χ3n) is 5.80. The van der Waals surface area contributed by atoms with E-state index >= 15 is 0 Å². The zero-order valence-corrected chi connectivity index (χ0v) is 17.8. The molecule has 1 aromatic heterocycles. The van der Waals surface area contributed by atoms with Crippen LogP contribution in [0.2, 0.25) is 0 Å². The monoisotopic (exact) mass is 396 g/mol. The summed E-state index contributed by atoms with van der Waals surface area (Å²) in [6.07, 6.45) is 6.81. The normalized spacial score (nSPS) is 19.5. The van der Waals surface area contributed by atoms with Crippen LogP contribution >= 0.6 is 0 Å². The van der Waals surface area contributed by atoms with E-state index in [1.807, 2.05) is 41.9 Å². The van der Waals surface area contributed by atoms with Crippen molar-refractivity contribution in [3.8, 4) is 5.69 Å². The maximum absolute atomic E-state index is 12.8. The van der Waals surface area contributed by atoms with Gasteiger partial charge in [0.2, 0.25) is 5.91 Å². The number of imidazole rings is 1. The van der Waals surface area contributed by atoms with Gasteiger partial charge in [-0.1, -0.05) is 39.0 Å². The molecule has 1 atom stereocenters. The summed E-state index contributed by atoms with van der Waals surface area (Å²) >= 11 is 0. The highest BCUT2D eigenvalue weighted by atomic mass is 16.2. The van der Waals surface area contributed by atoms with Crippen LogP contribution in [-0.2, 0) is 4.79 Å². The first-order valence-electron chi connectivity index (χ1n) is 10.6. The zero-order valence-electron chi connectivity index (χ0n) is 17.8. The number of aromatic nitrogens is 2. The van der Waals surface area contributed by atoms with E-state index in [-0.39, 0.29) is 29.8 Å². The van der Waals surface area contributed by atoms with E-state index in [1.54, 1.807) is 17.4 Å². The summed E-state index contributed by atoms with van der Waals surface area (Å²) in [5.41, 5.74) is 1.41. The maximum atomic E-state index is 12.8. The standard InChI is InChI=1S/C23H32N4O2/c1-5-17(11-16(2)3)22(28)25-18-12-20(13-18)26(4)23(29)21-14-27(15-24-21)19-9-7-6-8-10-19/h6-10,14-18,20H,5,11-13H2,1-4H3,(H,25,28). The molecule has 1 aliphatic rings. The van der Waals surface area contributed by atoms with Crippen LogP contribution in [0.15, 0.2) is 42.9 Å². The first-order chi connectivity index (χ1) is 13.9. The second-order valence-electron chi connectivity index (χ2n) is 8.48. The first-order valence-corrected chi connectivity index (χ1v) is 10.6. The van der Waals surface area contributed by atoms with Crippen molar-refractivity contribution in [2.24, 2.45) is 11.8 Å². The number of para-hydroxylation sites is 1. The van der Waals surface area contributed by atoms with Gasteiger partial charge in [0.25, 0.3) is 5.91 Å². The summed E-state index contributed by atoms with van der Waals surface area (Å²) in [6, 6.07) is 10.1. The van der Waals surface area contributed by atoms with Crippen molar-refractivity contribution in [2.45, 2.75) is 58.5 Å². The van der Waals surface area contributed by atoms with Gasteiger partial charge in [0.05, 0.1) is 0 Å². The second kappa shape index (κ2) is 9.25. The number of rotatable bonds is 8. The first kappa shape index (κ1) is 21.1. The summed E-state index contributed by atoms with van der Waals surface area (Å²) in [6.45, 7) is 6.36. The van der Waals surface area contributed by atoms with Crippen molar-refractivity contribution in [3.05, 3.63) is 48.5 Å². The van der Waals surface area contributed by atoms with Gasteiger partial charge in [-0.05, 0) is 43.7 Å². The fourth-order valence-corrected chi connectivity index (χ4v) is 3.89. The van der Waals surface area contributed by atoms with Gasteiger partial charge in [-0.2, -0.15) is 0 Å². The van der Waals surface area contributed by atoms with E-state index in [1.165, 1.54) is 0 Å². The molecule has 29 heavy (non-hydrogen) atoms. The van der Waals surface area contributed by atoms with Crippen LogP contribution in [0.5, 0.6) is 0 Å². The number of nitrogens with one attached hydrogen (secondary N) is 1. The summed E-state index contributed by atoms with van der Waals surface area (Å²) in [5, 5.41) is 3.17. The number of amides is 2. The fraction of sp³-hybridized carbons (Fsp3) is 0.522. The highest BCUT2D eigenvalue weighted by Gasteiger charge is 2.36. The van der Waals surface area contributed by atoms with Gasteiger partial charge in [-0.3, -0.25) is 9.59 Å². The van der Waals surface area contributed by atoms with Crippen molar-refractivity contribution in [1.29, 1.82) is 0 Å². The average Bonchev–Trinajstić information content (AvgIpc) is 3.18. The molecule has 0 spiro atoms. The molecule has 6 heteroatoms. The molecule has 1 unspecified atom stereocenters. The molecule has 0 saturated heterocycles. The molecule has 0 radical (unpaired) electrons. The molecule has 1 saturated carbocycles. The van der Waals surface area contributed by atoms with Gasteiger partial charge in [0.1, 0.15) is 12.0 Å². The Morgan fingerprint density at radius 1 is 1.24 bits per heavy atom. The maximum Gasteiger partial charge on any atom is 0.274 e. The Bertz CT molecular complexity index is 824. The predicted octanol–water partition coefficient (Wildman–Crippen LogP) is 3.66. The Balaban J connectivity index is 1.51. The van der Waals surface area contributed by atoms with E-state index < -0.39 is 0 Å². The lowest BCUT2D eigenvalue weighted by Crippen LogP contribution is -2.55. The van der Waals surface area contributed by atoms with Gasteiger partial charge in [0.15, 0.2) is 0 Å². The topological polar surface area (TPSA) is 67.2 Å². The average molecular weight is 397 g/mol. The van der Waals surface area contributed by atoms with Crippen molar-refractivity contribution in [1.82, 2.24) is 19.8 Å². The predicted molar refractivity (Wildman–Crippen MR) is 114 cm³/mol. The summed E-state index contributed by atoms with van der Waals surface area (Å²) in [5.74, 6) is 0.663. The highest BCUT2D eigenvalue weighted by Crippen LogP contribution is 2.27.